The number of sulfonamides is 1. The van der Waals surface area contributed by atoms with Crippen molar-refractivity contribution in [3.05, 3.63) is 30.3 Å². The highest BCUT2D eigenvalue weighted by atomic mass is 32.2. The molecule has 6 heteroatoms. The molecule has 2 unspecified atom stereocenters. The molecule has 3 N–H and O–H groups in total. The minimum absolute atomic E-state index is 0.119. The van der Waals surface area contributed by atoms with Gasteiger partial charge in [0.25, 0.3) is 0 Å². The summed E-state index contributed by atoms with van der Waals surface area (Å²) in [5.74, 6) is 0. The summed E-state index contributed by atoms with van der Waals surface area (Å²) in [6.07, 6.45) is 0. The zero-order valence-corrected chi connectivity index (χ0v) is 10.7. The molecule has 1 saturated heterocycles. The molecule has 1 aliphatic heterocycles. The summed E-state index contributed by atoms with van der Waals surface area (Å²) in [5, 5.41) is -0.484. The van der Waals surface area contributed by atoms with Crippen LogP contribution in [0.1, 0.15) is 13.8 Å². The van der Waals surface area contributed by atoms with Crippen molar-refractivity contribution < 1.29 is 8.42 Å². The van der Waals surface area contributed by atoms with Gasteiger partial charge in [-0.05, 0) is 26.0 Å². The van der Waals surface area contributed by atoms with E-state index < -0.39 is 15.3 Å². The van der Waals surface area contributed by atoms with Crippen molar-refractivity contribution in [2.45, 2.75) is 31.2 Å². The number of rotatable bonds is 3. The van der Waals surface area contributed by atoms with E-state index in [1.807, 2.05) is 19.9 Å². The Morgan fingerprint density at radius 2 is 1.59 bits per heavy atom. The quantitative estimate of drug-likeness (QED) is 0.743. The van der Waals surface area contributed by atoms with E-state index in [4.69, 9.17) is 0 Å². The molecule has 2 atom stereocenters. The lowest BCUT2D eigenvalue weighted by molar-refractivity contribution is 0.564. The van der Waals surface area contributed by atoms with Crippen molar-refractivity contribution in [1.29, 1.82) is 0 Å². The van der Waals surface area contributed by atoms with Crippen LogP contribution in [0.4, 0.5) is 5.69 Å². The fraction of sp³-hybridized carbons (Fsp3) is 0.455. The van der Waals surface area contributed by atoms with Gasteiger partial charge in [-0.25, -0.2) is 8.42 Å². The Bertz CT molecular complexity index is 465. The van der Waals surface area contributed by atoms with Gasteiger partial charge in [-0.15, -0.1) is 0 Å². The Labute approximate surface area is 102 Å². The van der Waals surface area contributed by atoms with Gasteiger partial charge in [0, 0.05) is 17.8 Å². The Balaban J connectivity index is 2.20. The molecule has 0 aromatic heterocycles. The van der Waals surface area contributed by atoms with E-state index in [1.54, 1.807) is 24.3 Å². The van der Waals surface area contributed by atoms with Crippen LogP contribution in [0.3, 0.4) is 0 Å². The second-order valence-corrected chi connectivity index (χ2v) is 6.18. The van der Waals surface area contributed by atoms with Crippen molar-refractivity contribution in [3.8, 4) is 0 Å². The number of hydrogen-bond donors (Lipinski definition) is 3. The van der Waals surface area contributed by atoms with Gasteiger partial charge in [0.05, 0.1) is 0 Å². The molecule has 0 spiro atoms. The van der Waals surface area contributed by atoms with E-state index in [2.05, 4.69) is 15.6 Å². The second-order valence-electron chi connectivity index (χ2n) is 4.34. The van der Waals surface area contributed by atoms with Crippen molar-refractivity contribution >= 4 is 15.7 Å². The molecule has 0 bridgehead atoms. The van der Waals surface area contributed by atoms with E-state index in [1.165, 1.54) is 0 Å². The van der Waals surface area contributed by atoms with Crippen LogP contribution in [0.15, 0.2) is 30.3 Å². The second kappa shape index (κ2) is 4.64. The first-order chi connectivity index (χ1) is 8.00. The van der Waals surface area contributed by atoms with Crippen molar-refractivity contribution in [1.82, 2.24) is 10.9 Å². The molecule has 1 aromatic carbocycles. The lowest BCUT2D eigenvalue weighted by Crippen LogP contribution is -2.41. The SMILES string of the molecule is CC1NNC(C)C1S(=O)(=O)Nc1ccccc1. The summed E-state index contributed by atoms with van der Waals surface area (Å²) >= 11 is 0. The fourth-order valence-electron chi connectivity index (χ4n) is 2.14. The summed E-state index contributed by atoms with van der Waals surface area (Å²) in [5.41, 5.74) is 6.48. The van der Waals surface area contributed by atoms with Crippen LogP contribution in [0, 0.1) is 0 Å². The third kappa shape index (κ3) is 2.59. The van der Waals surface area contributed by atoms with E-state index >= 15 is 0 Å². The first kappa shape index (κ1) is 12.3. The molecule has 0 radical (unpaired) electrons. The van der Waals surface area contributed by atoms with E-state index in [-0.39, 0.29) is 12.1 Å². The van der Waals surface area contributed by atoms with Crippen LogP contribution in [0.2, 0.25) is 0 Å². The normalized spacial score (nSPS) is 29.2. The maximum atomic E-state index is 12.2. The van der Waals surface area contributed by atoms with E-state index in [0.29, 0.717) is 5.69 Å². The molecule has 1 heterocycles. The maximum Gasteiger partial charge on any atom is 0.238 e. The Morgan fingerprint density at radius 1 is 1.06 bits per heavy atom. The van der Waals surface area contributed by atoms with Crippen molar-refractivity contribution in [2.24, 2.45) is 0 Å². The highest BCUT2D eigenvalue weighted by Crippen LogP contribution is 2.18. The van der Waals surface area contributed by atoms with Crippen LogP contribution in [-0.4, -0.2) is 25.8 Å². The number of benzene rings is 1. The molecule has 0 aliphatic carbocycles. The third-order valence-corrected chi connectivity index (χ3v) is 4.97. The van der Waals surface area contributed by atoms with Gasteiger partial charge < -0.3 is 0 Å². The molecule has 0 saturated carbocycles. The summed E-state index contributed by atoms with van der Waals surface area (Å²) < 4.78 is 27.1. The summed E-state index contributed by atoms with van der Waals surface area (Å²) in [6.45, 7) is 3.71. The lowest BCUT2D eigenvalue weighted by atomic mass is 10.2. The molecular formula is C11H17N3O2S. The number of anilines is 1. The smallest absolute Gasteiger partial charge is 0.238 e. The van der Waals surface area contributed by atoms with Gasteiger partial charge in [0.15, 0.2) is 0 Å². The van der Waals surface area contributed by atoms with Crippen molar-refractivity contribution in [2.75, 3.05) is 4.72 Å². The average Bonchev–Trinajstić information content (AvgIpc) is 2.59. The third-order valence-electron chi connectivity index (χ3n) is 2.92. The Hall–Kier alpha value is -1.11. The van der Waals surface area contributed by atoms with E-state index in [9.17, 15) is 8.42 Å². The standard InChI is InChI=1S/C11H17N3O2S/c1-8-11(9(2)13-12-8)17(15,16)14-10-6-4-3-5-7-10/h3-9,11-14H,1-2H3. The van der Waals surface area contributed by atoms with Gasteiger partial charge in [0.2, 0.25) is 10.0 Å². The molecule has 2 rings (SSSR count). The summed E-state index contributed by atoms with van der Waals surface area (Å²) in [4.78, 5) is 0. The summed E-state index contributed by atoms with van der Waals surface area (Å²) in [7, 11) is -3.39. The zero-order chi connectivity index (χ0) is 12.5. The first-order valence-corrected chi connectivity index (χ1v) is 7.13. The van der Waals surface area contributed by atoms with Crippen LogP contribution >= 0.6 is 0 Å². The molecule has 1 aromatic rings. The fourth-order valence-corrected chi connectivity index (χ4v) is 3.95. The number of para-hydroxylation sites is 1. The molecule has 94 valence electrons. The zero-order valence-electron chi connectivity index (χ0n) is 9.84. The van der Waals surface area contributed by atoms with Gasteiger partial charge in [0.1, 0.15) is 5.25 Å². The lowest BCUT2D eigenvalue weighted by Gasteiger charge is -2.19. The Morgan fingerprint density at radius 3 is 2.12 bits per heavy atom. The number of hydrazine groups is 1. The topological polar surface area (TPSA) is 70.2 Å². The first-order valence-electron chi connectivity index (χ1n) is 5.58. The Kier molecular flexibility index (Phi) is 3.37. The van der Waals surface area contributed by atoms with Gasteiger partial charge in [-0.1, -0.05) is 18.2 Å². The largest absolute Gasteiger partial charge is 0.283 e. The molecule has 17 heavy (non-hydrogen) atoms. The van der Waals surface area contributed by atoms with Gasteiger partial charge in [-0.3, -0.25) is 15.6 Å². The van der Waals surface area contributed by atoms with Crippen LogP contribution < -0.4 is 15.6 Å². The molecular weight excluding hydrogens is 238 g/mol. The minimum Gasteiger partial charge on any atom is -0.283 e. The van der Waals surface area contributed by atoms with Crippen molar-refractivity contribution in [3.63, 3.8) is 0 Å². The van der Waals surface area contributed by atoms with Crippen LogP contribution in [0.25, 0.3) is 0 Å². The maximum absolute atomic E-state index is 12.2. The van der Waals surface area contributed by atoms with Gasteiger partial charge >= 0.3 is 0 Å². The van der Waals surface area contributed by atoms with Gasteiger partial charge in [-0.2, -0.15) is 0 Å². The molecule has 0 amide bonds. The van der Waals surface area contributed by atoms with E-state index in [0.717, 1.165) is 0 Å². The number of nitrogens with one attached hydrogen (secondary N) is 3. The molecule has 1 fully saturated rings. The highest BCUT2D eigenvalue weighted by molar-refractivity contribution is 7.93. The van der Waals surface area contributed by atoms with Crippen LogP contribution in [0.5, 0.6) is 0 Å². The average molecular weight is 255 g/mol. The van der Waals surface area contributed by atoms with Crippen LogP contribution in [-0.2, 0) is 10.0 Å². The predicted molar refractivity (Wildman–Crippen MR) is 68.0 cm³/mol. The molecule has 5 nitrogen and oxygen atoms in total. The molecule has 1 aliphatic rings. The number of hydrogen-bond acceptors (Lipinski definition) is 4. The minimum atomic E-state index is -3.39. The summed E-state index contributed by atoms with van der Waals surface area (Å²) in [6, 6.07) is 8.69. The predicted octanol–water partition coefficient (Wildman–Crippen LogP) is 0.682. The highest BCUT2D eigenvalue weighted by Gasteiger charge is 2.40. The monoisotopic (exact) mass is 255 g/mol.